The van der Waals surface area contributed by atoms with Crippen LogP contribution < -0.4 is 0 Å². The number of rotatable bonds is 28. The van der Waals surface area contributed by atoms with E-state index in [1.807, 2.05) is 33.3 Å². The second kappa shape index (κ2) is 27.8. The van der Waals surface area contributed by atoms with E-state index in [0.717, 1.165) is 44.9 Å². The lowest BCUT2D eigenvalue weighted by molar-refractivity contribution is -0.887. The average molecular weight is 621 g/mol. The summed E-state index contributed by atoms with van der Waals surface area (Å²) in [4.78, 5) is 36.4. The van der Waals surface area contributed by atoms with Crippen LogP contribution in [0, 0.1) is 0 Å². The SMILES string of the molecule is CC/C=C\C/C=C\C/C=C\C/C=C\CCC(=O)OC(COCCC(C(=O)O)[N+](C)(C)C)COC(=O)CCCCCCCCC. The van der Waals surface area contributed by atoms with Crippen LogP contribution >= 0.6 is 0 Å². The Morgan fingerprint density at radius 3 is 1.84 bits per heavy atom. The average Bonchev–Trinajstić information content (AvgIpc) is 2.96. The van der Waals surface area contributed by atoms with Crippen molar-refractivity contribution in [3.05, 3.63) is 48.6 Å². The van der Waals surface area contributed by atoms with Crippen LogP contribution in [0.5, 0.6) is 0 Å². The van der Waals surface area contributed by atoms with E-state index in [-0.39, 0.29) is 42.7 Å². The number of esters is 2. The second-order valence-corrected chi connectivity index (χ2v) is 12.0. The number of aliphatic carboxylic acids is 1. The van der Waals surface area contributed by atoms with Gasteiger partial charge in [0.2, 0.25) is 0 Å². The smallest absolute Gasteiger partial charge is 0.362 e. The summed E-state index contributed by atoms with van der Waals surface area (Å²) in [6.07, 6.45) is 29.0. The maximum atomic E-state index is 12.5. The fraction of sp³-hybridized carbons (Fsp3) is 0.694. The standard InChI is InChI=1S/C36H61NO7/c1-6-8-10-12-14-15-16-17-18-19-21-23-25-27-35(39)44-32(30-42-29-28-33(36(40)41)37(3,4)5)31-43-34(38)26-24-22-20-13-11-9-7-2/h8,10,14-15,17-18,21,23,32-33H,6-7,9,11-13,16,19-20,22,24-31H2,1-5H3/p+1/b10-8-,15-14-,18-17-,23-21-. The molecule has 0 aliphatic heterocycles. The number of carboxylic acid groups (broad SMARTS) is 1. The van der Waals surface area contributed by atoms with Gasteiger partial charge in [0.15, 0.2) is 12.1 Å². The molecule has 0 aliphatic rings. The molecular weight excluding hydrogens is 558 g/mol. The Labute approximate surface area is 267 Å². The van der Waals surface area contributed by atoms with Crippen molar-refractivity contribution < 1.29 is 38.2 Å². The molecule has 0 rings (SSSR count). The number of carbonyl (C=O) groups excluding carboxylic acids is 2. The Balaban J connectivity index is 4.62. The Bertz CT molecular complexity index is 870. The molecule has 0 aliphatic carbocycles. The summed E-state index contributed by atoms with van der Waals surface area (Å²) >= 11 is 0. The van der Waals surface area contributed by atoms with Crippen LogP contribution in [0.4, 0.5) is 0 Å². The summed E-state index contributed by atoms with van der Waals surface area (Å²) in [6.45, 7) is 4.45. The lowest BCUT2D eigenvalue weighted by atomic mass is 10.1. The second-order valence-electron chi connectivity index (χ2n) is 12.0. The minimum Gasteiger partial charge on any atom is -0.477 e. The number of carboxylic acids is 1. The van der Waals surface area contributed by atoms with E-state index in [1.54, 1.807) is 0 Å². The van der Waals surface area contributed by atoms with E-state index in [4.69, 9.17) is 14.2 Å². The van der Waals surface area contributed by atoms with E-state index >= 15 is 0 Å². The monoisotopic (exact) mass is 620 g/mol. The molecule has 1 N–H and O–H groups in total. The number of hydrogen-bond acceptors (Lipinski definition) is 6. The summed E-state index contributed by atoms with van der Waals surface area (Å²) in [5.41, 5.74) is 0. The largest absolute Gasteiger partial charge is 0.477 e. The molecule has 0 radical (unpaired) electrons. The number of quaternary nitrogens is 1. The molecule has 252 valence electrons. The number of unbranched alkanes of at least 4 members (excludes halogenated alkanes) is 6. The summed E-state index contributed by atoms with van der Waals surface area (Å²) in [6, 6.07) is -0.623. The van der Waals surface area contributed by atoms with Crippen molar-refractivity contribution in [1.29, 1.82) is 0 Å². The zero-order chi connectivity index (χ0) is 32.9. The molecule has 0 heterocycles. The molecule has 0 spiro atoms. The van der Waals surface area contributed by atoms with Gasteiger partial charge >= 0.3 is 17.9 Å². The third kappa shape index (κ3) is 25.8. The Hall–Kier alpha value is -2.71. The number of hydrogen-bond donors (Lipinski definition) is 1. The molecule has 0 saturated carbocycles. The molecule has 8 nitrogen and oxygen atoms in total. The Morgan fingerprint density at radius 1 is 0.705 bits per heavy atom. The Morgan fingerprint density at radius 2 is 1.27 bits per heavy atom. The van der Waals surface area contributed by atoms with Gasteiger partial charge in [-0.05, 0) is 38.5 Å². The van der Waals surface area contributed by atoms with Gasteiger partial charge in [-0.2, -0.15) is 0 Å². The molecule has 0 saturated heterocycles. The van der Waals surface area contributed by atoms with Crippen LogP contribution in [0.15, 0.2) is 48.6 Å². The van der Waals surface area contributed by atoms with Gasteiger partial charge in [0.25, 0.3) is 0 Å². The first kappa shape index (κ1) is 41.3. The fourth-order valence-corrected chi connectivity index (χ4v) is 4.40. The van der Waals surface area contributed by atoms with Gasteiger partial charge in [-0.3, -0.25) is 9.59 Å². The zero-order valence-electron chi connectivity index (χ0n) is 28.3. The molecule has 0 aromatic carbocycles. The Kier molecular flexibility index (Phi) is 26.1. The highest BCUT2D eigenvalue weighted by Gasteiger charge is 2.31. The van der Waals surface area contributed by atoms with Crippen LogP contribution in [-0.2, 0) is 28.6 Å². The fourth-order valence-electron chi connectivity index (χ4n) is 4.40. The van der Waals surface area contributed by atoms with Crippen molar-refractivity contribution in [2.45, 2.75) is 122 Å². The van der Waals surface area contributed by atoms with Gasteiger partial charge in [0.05, 0.1) is 34.4 Å². The summed E-state index contributed by atoms with van der Waals surface area (Å²) in [5.74, 6) is -1.59. The van der Waals surface area contributed by atoms with Gasteiger partial charge in [-0.15, -0.1) is 0 Å². The van der Waals surface area contributed by atoms with Crippen molar-refractivity contribution in [3.8, 4) is 0 Å². The van der Waals surface area contributed by atoms with Gasteiger partial charge in [-0.25, -0.2) is 4.79 Å². The van der Waals surface area contributed by atoms with Crippen LogP contribution in [0.3, 0.4) is 0 Å². The first-order valence-corrected chi connectivity index (χ1v) is 16.7. The van der Waals surface area contributed by atoms with Gasteiger partial charge in [0, 0.05) is 19.3 Å². The maximum absolute atomic E-state index is 12.5. The van der Waals surface area contributed by atoms with E-state index in [1.165, 1.54) is 25.7 Å². The minimum atomic E-state index is -0.890. The van der Waals surface area contributed by atoms with Crippen molar-refractivity contribution in [3.63, 3.8) is 0 Å². The first-order chi connectivity index (χ1) is 21.1. The zero-order valence-corrected chi connectivity index (χ0v) is 28.3. The predicted octanol–water partition coefficient (Wildman–Crippen LogP) is 7.73. The van der Waals surface area contributed by atoms with Gasteiger partial charge in [0.1, 0.15) is 6.61 Å². The maximum Gasteiger partial charge on any atom is 0.362 e. The summed E-state index contributed by atoms with van der Waals surface area (Å²) < 4.78 is 17.0. The van der Waals surface area contributed by atoms with Gasteiger partial charge in [-0.1, -0.05) is 101 Å². The van der Waals surface area contributed by atoms with E-state index < -0.39 is 18.1 Å². The van der Waals surface area contributed by atoms with Crippen LogP contribution in [0.25, 0.3) is 0 Å². The van der Waals surface area contributed by atoms with E-state index in [2.05, 4.69) is 50.3 Å². The number of carbonyl (C=O) groups is 3. The van der Waals surface area contributed by atoms with Crippen LogP contribution in [0.1, 0.15) is 110 Å². The third-order valence-electron chi connectivity index (χ3n) is 7.01. The number of nitrogens with zero attached hydrogens (tertiary/aromatic N) is 1. The van der Waals surface area contributed by atoms with Gasteiger partial charge < -0.3 is 23.8 Å². The van der Waals surface area contributed by atoms with E-state index in [0.29, 0.717) is 19.3 Å². The molecular formula is C36H62NO7+. The predicted molar refractivity (Wildman–Crippen MR) is 178 cm³/mol. The highest BCUT2D eigenvalue weighted by Crippen LogP contribution is 2.11. The quantitative estimate of drug-likeness (QED) is 0.0413. The van der Waals surface area contributed by atoms with E-state index in [9.17, 15) is 19.5 Å². The molecule has 0 aromatic rings. The minimum absolute atomic E-state index is 0.0316. The van der Waals surface area contributed by atoms with Crippen molar-refractivity contribution in [2.24, 2.45) is 0 Å². The molecule has 0 amide bonds. The summed E-state index contributed by atoms with van der Waals surface area (Å²) in [7, 11) is 5.47. The van der Waals surface area contributed by atoms with Crippen molar-refractivity contribution in [2.75, 3.05) is 41.0 Å². The molecule has 8 heteroatoms. The number of likely N-dealkylation sites (N-methyl/N-ethyl adjacent to an activating group) is 1. The highest BCUT2D eigenvalue weighted by atomic mass is 16.6. The molecule has 0 bridgehead atoms. The molecule has 2 atom stereocenters. The molecule has 2 unspecified atom stereocenters. The summed E-state index contributed by atoms with van der Waals surface area (Å²) in [5, 5.41) is 9.53. The van der Waals surface area contributed by atoms with Crippen LogP contribution in [0.2, 0.25) is 0 Å². The number of allylic oxidation sites excluding steroid dienone is 8. The normalized spacial score (nSPS) is 13.8. The first-order valence-electron chi connectivity index (χ1n) is 16.7. The lowest BCUT2D eigenvalue weighted by Gasteiger charge is -2.31. The molecule has 0 fully saturated rings. The highest BCUT2D eigenvalue weighted by molar-refractivity contribution is 5.72. The van der Waals surface area contributed by atoms with Crippen LogP contribution in [-0.4, -0.2) is 80.6 Å². The molecule has 44 heavy (non-hydrogen) atoms. The molecule has 0 aromatic heterocycles. The number of ether oxygens (including phenoxy) is 3. The third-order valence-corrected chi connectivity index (χ3v) is 7.01. The van der Waals surface area contributed by atoms with Crippen molar-refractivity contribution >= 4 is 17.9 Å². The van der Waals surface area contributed by atoms with Crippen molar-refractivity contribution in [1.82, 2.24) is 0 Å². The topological polar surface area (TPSA) is 99.1 Å². The lowest BCUT2D eigenvalue weighted by Crippen LogP contribution is -2.50.